The molecule has 0 atom stereocenters. The van der Waals surface area contributed by atoms with Crippen LogP contribution in [0.1, 0.15) is 11.3 Å². The smallest absolute Gasteiger partial charge is 0.227 e. The van der Waals surface area contributed by atoms with Crippen LogP contribution >= 0.6 is 11.3 Å². The van der Waals surface area contributed by atoms with Gasteiger partial charge in [0.2, 0.25) is 5.91 Å². The first kappa shape index (κ1) is 15.2. The number of nitrogens with zero attached hydrogens (tertiary/aromatic N) is 3. The van der Waals surface area contributed by atoms with E-state index in [2.05, 4.69) is 26.3 Å². The normalized spacial score (nSPS) is 15.2. The minimum absolute atomic E-state index is 0.203. The molecule has 0 unspecified atom stereocenters. The molecule has 2 aromatic heterocycles. The Labute approximate surface area is 144 Å². The molecule has 3 heterocycles. The summed E-state index contributed by atoms with van der Waals surface area (Å²) in [6.07, 6.45) is 2.41. The molecule has 124 valence electrons. The predicted octanol–water partition coefficient (Wildman–Crippen LogP) is 2.82. The molecule has 0 aliphatic carbocycles. The maximum atomic E-state index is 12.6. The Morgan fingerprint density at radius 1 is 1.25 bits per heavy atom. The van der Waals surface area contributed by atoms with Crippen molar-refractivity contribution in [2.45, 2.75) is 13.3 Å². The molecule has 1 fully saturated rings. The van der Waals surface area contributed by atoms with Gasteiger partial charge in [-0.25, -0.2) is 4.98 Å². The van der Waals surface area contributed by atoms with E-state index in [1.165, 1.54) is 0 Å². The maximum Gasteiger partial charge on any atom is 0.227 e. The van der Waals surface area contributed by atoms with Crippen LogP contribution in [0.5, 0.6) is 0 Å². The minimum Gasteiger partial charge on any atom is -0.361 e. The van der Waals surface area contributed by atoms with E-state index < -0.39 is 0 Å². The van der Waals surface area contributed by atoms with Crippen LogP contribution in [0.3, 0.4) is 0 Å². The molecule has 1 aromatic carbocycles. The number of H-pyrrole nitrogens is 1. The molecule has 5 nitrogen and oxygen atoms in total. The third-order valence-electron chi connectivity index (χ3n) is 4.53. The van der Waals surface area contributed by atoms with Crippen LogP contribution in [0.4, 0.5) is 5.13 Å². The van der Waals surface area contributed by atoms with Crippen molar-refractivity contribution in [2.75, 3.05) is 31.1 Å². The number of carbonyl (C=O) groups excluding carboxylic acids is 1. The largest absolute Gasteiger partial charge is 0.361 e. The average Bonchev–Trinajstić information content (AvgIpc) is 3.22. The Balaban J connectivity index is 1.39. The van der Waals surface area contributed by atoms with Crippen molar-refractivity contribution in [3.8, 4) is 0 Å². The van der Waals surface area contributed by atoms with Crippen molar-refractivity contribution in [3.05, 3.63) is 47.1 Å². The van der Waals surface area contributed by atoms with Gasteiger partial charge in [-0.05, 0) is 18.6 Å². The van der Waals surface area contributed by atoms with Crippen LogP contribution in [0.15, 0.2) is 35.8 Å². The number of para-hydroxylation sites is 1. The summed E-state index contributed by atoms with van der Waals surface area (Å²) in [6, 6.07) is 8.12. The van der Waals surface area contributed by atoms with E-state index in [4.69, 9.17) is 0 Å². The highest BCUT2D eigenvalue weighted by molar-refractivity contribution is 7.13. The average molecular weight is 340 g/mol. The lowest BCUT2D eigenvalue weighted by atomic mass is 10.1. The third-order valence-corrected chi connectivity index (χ3v) is 5.55. The minimum atomic E-state index is 0.203. The second-order valence-corrected chi connectivity index (χ2v) is 7.01. The van der Waals surface area contributed by atoms with Crippen LogP contribution in [0.25, 0.3) is 10.9 Å². The number of aromatic amines is 1. The number of fused-ring (bicyclic) bond motifs is 1. The van der Waals surface area contributed by atoms with E-state index >= 15 is 0 Å². The Bertz CT molecular complexity index is 861. The van der Waals surface area contributed by atoms with Crippen LogP contribution in [-0.4, -0.2) is 47.0 Å². The molecule has 0 bridgehead atoms. The fourth-order valence-electron chi connectivity index (χ4n) is 3.19. The monoisotopic (exact) mass is 340 g/mol. The first-order valence-electron chi connectivity index (χ1n) is 8.20. The Morgan fingerprint density at radius 2 is 2.04 bits per heavy atom. The van der Waals surface area contributed by atoms with Crippen LogP contribution in [0.2, 0.25) is 0 Å². The molecule has 1 aliphatic rings. The zero-order chi connectivity index (χ0) is 16.5. The molecular formula is C18H20N4OS. The number of hydrogen-bond donors (Lipinski definition) is 1. The predicted molar refractivity (Wildman–Crippen MR) is 97.6 cm³/mol. The van der Waals surface area contributed by atoms with Crippen molar-refractivity contribution in [3.63, 3.8) is 0 Å². The Hall–Kier alpha value is -2.34. The molecule has 0 radical (unpaired) electrons. The second kappa shape index (κ2) is 6.28. The molecule has 24 heavy (non-hydrogen) atoms. The van der Waals surface area contributed by atoms with E-state index in [0.717, 1.165) is 53.5 Å². The molecular weight excluding hydrogens is 320 g/mol. The lowest BCUT2D eigenvalue weighted by Crippen LogP contribution is -2.49. The van der Waals surface area contributed by atoms with Gasteiger partial charge in [-0.1, -0.05) is 18.2 Å². The van der Waals surface area contributed by atoms with Crippen molar-refractivity contribution in [1.82, 2.24) is 14.9 Å². The molecule has 4 rings (SSSR count). The number of aryl methyl sites for hydroxylation is 1. The fourth-order valence-corrected chi connectivity index (χ4v) is 4.04. The number of anilines is 1. The number of thiazole rings is 1. The number of aromatic nitrogens is 2. The second-order valence-electron chi connectivity index (χ2n) is 6.18. The van der Waals surface area contributed by atoms with E-state index in [0.29, 0.717) is 6.42 Å². The zero-order valence-corrected chi connectivity index (χ0v) is 14.5. The number of hydrogen-bond acceptors (Lipinski definition) is 4. The number of rotatable bonds is 3. The molecule has 1 aliphatic heterocycles. The van der Waals surface area contributed by atoms with Crippen molar-refractivity contribution in [1.29, 1.82) is 0 Å². The number of amides is 1. The van der Waals surface area contributed by atoms with E-state index in [-0.39, 0.29) is 5.91 Å². The summed E-state index contributed by atoms with van der Waals surface area (Å²) in [4.78, 5) is 24.7. The fraction of sp³-hybridized carbons (Fsp3) is 0.333. The van der Waals surface area contributed by atoms with Gasteiger partial charge in [0.1, 0.15) is 0 Å². The van der Waals surface area contributed by atoms with Gasteiger partial charge in [0.15, 0.2) is 5.13 Å². The van der Waals surface area contributed by atoms with Gasteiger partial charge in [-0.3, -0.25) is 4.79 Å². The number of carbonyl (C=O) groups is 1. The molecule has 1 N–H and O–H groups in total. The number of nitrogens with one attached hydrogen (secondary N) is 1. The van der Waals surface area contributed by atoms with Gasteiger partial charge in [-0.2, -0.15) is 0 Å². The van der Waals surface area contributed by atoms with Gasteiger partial charge in [0, 0.05) is 48.7 Å². The zero-order valence-electron chi connectivity index (χ0n) is 13.7. The summed E-state index contributed by atoms with van der Waals surface area (Å²) in [5.74, 6) is 0.203. The van der Waals surface area contributed by atoms with E-state index in [1.54, 1.807) is 11.3 Å². The summed E-state index contributed by atoms with van der Waals surface area (Å²) in [6.45, 7) is 5.25. The molecule has 3 aromatic rings. The third kappa shape index (κ3) is 2.89. The molecule has 6 heteroatoms. The number of benzene rings is 1. The highest BCUT2D eigenvalue weighted by atomic mass is 32.1. The maximum absolute atomic E-state index is 12.6. The van der Waals surface area contributed by atoms with Crippen molar-refractivity contribution < 1.29 is 4.79 Å². The van der Waals surface area contributed by atoms with Crippen LogP contribution in [-0.2, 0) is 11.2 Å². The van der Waals surface area contributed by atoms with Crippen molar-refractivity contribution in [2.24, 2.45) is 0 Å². The molecule has 0 saturated carbocycles. The first-order valence-corrected chi connectivity index (χ1v) is 9.08. The van der Waals surface area contributed by atoms with Crippen LogP contribution < -0.4 is 4.90 Å². The van der Waals surface area contributed by atoms with Gasteiger partial charge in [0.25, 0.3) is 0 Å². The topological polar surface area (TPSA) is 52.2 Å². The summed E-state index contributed by atoms with van der Waals surface area (Å²) in [5, 5.41) is 4.28. The summed E-state index contributed by atoms with van der Waals surface area (Å²) in [7, 11) is 0. The van der Waals surface area contributed by atoms with E-state index in [1.807, 2.05) is 36.2 Å². The van der Waals surface area contributed by atoms with Gasteiger partial charge < -0.3 is 14.8 Å². The first-order chi connectivity index (χ1) is 11.7. The van der Waals surface area contributed by atoms with Crippen LogP contribution in [0, 0.1) is 6.92 Å². The summed E-state index contributed by atoms with van der Waals surface area (Å²) >= 11 is 1.68. The Morgan fingerprint density at radius 3 is 2.79 bits per heavy atom. The summed E-state index contributed by atoms with van der Waals surface area (Å²) < 4.78 is 0. The molecule has 0 spiro atoms. The quantitative estimate of drug-likeness (QED) is 0.798. The van der Waals surface area contributed by atoms with Gasteiger partial charge >= 0.3 is 0 Å². The molecule has 1 saturated heterocycles. The van der Waals surface area contributed by atoms with Gasteiger partial charge in [-0.15, -0.1) is 11.3 Å². The highest BCUT2D eigenvalue weighted by Crippen LogP contribution is 2.22. The summed E-state index contributed by atoms with van der Waals surface area (Å²) in [5.41, 5.74) is 3.23. The standard InChI is InChI=1S/C18H20N4OS/c1-13-12-24-18(20-13)22-8-6-21(7-9-22)17(23)10-14-11-19-16-5-3-2-4-15(14)16/h2-5,11-12,19H,6-10H2,1H3. The lowest BCUT2D eigenvalue weighted by molar-refractivity contribution is -0.130. The highest BCUT2D eigenvalue weighted by Gasteiger charge is 2.23. The molecule has 1 amide bonds. The SMILES string of the molecule is Cc1csc(N2CCN(C(=O)Cc3c[nH]c4ccccc34)CC2)n1. The lowest BCUT2D eigenvalue weighted by Gasteiger charge is -2.34. The van der Waals surface area contributed by atoms with Gasteiger partial charge in [0.05, 0.1) is 12.1 Å². The Kier molecular flexibility index (Phi) is 3.98. The number of piperazine rings is 1. The van der Waals surface area contributed by atoms with Crippen molar-refractivity contribution >= 4 is 33.3 Å². The van der Waals surface area contributed by atoms with E-state index in [9.17, 15) is 4.79 Å².